The van der Waals surface area contributed by atoms with Crippen LogP contribution >= 0.6 is 23.2 Å². The van der Waals surface area contributed by atoms with Crippen LogP contribution in [0.1, 0.15) is 27.1 Å². The van der Waals surface area contributed by atoms with Gasteiger partial charge in [-0.2, -0.15) is 0 Å². The summed E-state index contributed by atoms with van der Waals surface area (Å²) >= 11 is 11.5. The van der Waals surface area contributed by atoms with Gasteiger partial charge in [-0.1, -0.05) is 23.2 Å². The molecular weight excluding hydrogens is 407 g/mol. The standard InChI is InChI=1S/C19H16Cl2N2O5/c20-13-5-1-11(2-6-13)16(24)10-28-19(27)15(9-17(22)25)23-18(26)12-3-7-14(21)8-4-12/h1-8,15H,9-10H2,(H2,22,25)(H,23,26)/t15-/m0/s1. The van der Waals surface area contributed by atoms with Crippen molar-refractivity contribution in [1.29, 1.82) is 0 Å². The van der Waals surface area contributed by atoms with E-state index in [1.165, 1.54) is 48.5 Å². The maximum absolute atomic E-state index is 12.3. The third kappa shape index (κ3) is 6.37. The lowest BCUT2D eigenvalue weighted by Crippen LogP contribution is -2.44. The third-order valence-corrected chi connectivity index (χ3v) is 4.12. The topological polar surface area (TPSA) is 116 Å². The summed E-state index contributed by atoms with van der Waals surface area (Å²) in [5.74, 6) is -2.86. The van der Waals surface area contributed by atoms with E-state index in [-0.39, 0.29) is 5.56 Å². The lowest BCUT2D eigenvalue weighted by atomic mass is 10.1. The van der Waals surface area contributed by atoms with Gasteiger partial charge >= 0.3 is 5.97 Å². The number of Topliss-reactive ketones (excluding diaryl/α,β-unsaturated/α-hetero) is 1. The van der Waals surface area contributed by atoms with Crippen LogP contribution in [0.3, 0.4) is 0 Å². The fourth-order valence-electron chi connectivity index (χ4n) is 2.19. The number of esters is 1. The van der Waals surface area contributed by atoms with Crippen molar-refractivity contribution >= 4 is 46.8 Å². The largest absolute Gasteiger partial charge is 0.456 e. The smallest absolute Gasteiger partial charge is 0.329 e. The molecule has 0 unspecified atom stereocenters. The lowest BCUT2D eigenvalue weighted by Gasteiger charge is -2.16. The molecule has 0 aromatic heterocycles. The van der Waals surface area contributed by atoms with E-state index in [9.17, 15) is 19.2 Å². The minimum absolute atomic E-state index is 0.226. The number of carbonyl (C=O) groups is 4. The van der Waals surface area contributed by atoms with Gasteiger partial charge in [-0.3, -0.25) is 14.4 Å². The van der Waals surface area contributed by atoms with Crippen LogP contribution in [0, 0.1) is 0 Å². The van der Waals surface area contributed by atoms with E-state index in [1.807, 2.05) is 0 Å². The second-order valence-electron chi connectivity index (χ2n) is 5.74. The summed E-state index contributed by atoms with van der Waals surface area (Å²) in [6.45, 7) is -0.563. The Balaban J connectivity index is 2.00. The number of ether oxygens (including phenoxy) is 1. The summed E-state index contributed by atoms with van der Waals surface area (Å²) in [4.78, 5) is 47.8. The predicted molar refractivity (Wildman–Crippen MR) is 103 cm³/mol. The normalized spacial score (nSPS) is 11.4. The number of amides is 2. The van der Waals surface area contributed by atoms with Crippen LogP contribution < -0.4 is 11.1 Å². The van der Waals surface area contributed by atoms with Crippen LogP contribution in [-0.4, -0.2) is 36.2 Å². The van der Waals surface area contributed by atoms with Crippen molar-refractivity contribution in [2.24, 2.45) is 5.73 Å². The zero-order valence-electron chi connectivity index (χ0n) is 14.5. The van der Waals surface area contributed by atoms with Crippen molar-refractivity contribution in [2.75, 3.05) is 6.61 Å². The summed E-state index contributed by atoms with van der Waals surface area (Å²) in [6.07, 6.45) is -0.479. The predicted octanol–water partition coefficient (Wildman–Crippen LogP) is 2.39. The summed E-state index contributed by atoms with van der Waals surface area (Å²) in [6, 6.07) is 10.6. The Labute approximate surface area is 170 Å². The van der Waals surface area contributed by atoms with Gasteiger partial charge < -0.3 is 15.8 Å². The summed E-state index contributed by atoms with van der Waals surface area (Å²) in [5, 5.41) is 3.26. The zero-order valence-corrected chi connectivity index (χ0v) is 16.0. The van der Waals surface area contributed by atoms with Gasteiger partial charge in [0.05, 0.1) is 6.42 Å². The monoisotopic (exact) mass is 422 g/mol. The first-order chi connectivity index (χ1) is 13.3. The second kappa shape index (κ2) is 9.87. The van der Waals surface area contributed by atoms with Crippen molar-refractivity contribution in [1.82, 2.24) is 5.32 Å². The lowest BCUT2D eigenvalue weighted by molar-refractivity contribution is -0.146. The number of nitrogens with one attached hydrogen (secondary N) is 1. The van der Waals surface area contributed by atoms with Crippen molar-refractivity contribution in [2.45, 2.75) is 12.5 Å². The number of carbonyl (C=O) groups excluding carboxylic acids is 4. The molecule has 2 aromatic rings. The highest BCUT2D eigenvalue weighted by Gasteiger charge is 2.25. The van der Waals surface area contributed by atoms with E-state index >= 15 is 0 Å². The summed E-state index contributed by atoms with van der Waals surface area (Å²) < 4.78 is 4.94. The molecule has 0 heterocycles. The molecule has 0 aliphatic carbocycles. The van der Waals surface area contributed by atoms with Crippen LogP contribution in [0.4, 0.5) is 0 Å². The van der Waals surface area contributed by atoms with Gasteiger partial charge in [0.2, 0.25) is 5.91 Å². The SMILES string of the molecule is NC(=O)C[C@H](NC(=O)c1ccc(Cl)cc1)C(=O)OCC(=O)c1ccc(Cl)cc1. The Morgan fingerprint density at radius 2 is 1.39 bits per heavy atom. The van der Waals surface area contributed by atoms with Crippen molar-refractivity contribution in [3.05, 3.63) is 69.7 Å². The molecule has 0 radical (unpaired) electrons. The molecule has 146 valence electrons. The Hall–Kier alpha value is -2.90. The van der Waals surface area contributed by atoms with Crippen LogP contribution in [0.25, 0.3) is 0 Å². The molecule has 0 fully saturated rings. The molecule has 0 aliphatic heterocycles. The van der Waals surface area contributed by atoms with E-state index in [1.54, 1.807) is 0 Å². The maximum atomic E-state index is 12.3. The van der Waals surface area contributed by atoms with Gasteiger partial charge in [0.25, 0.3) is 5.91 Å². The Morgan fingerprint density at radius 3 is 1.89 bits per heavy atom. The number of halogens is 2. The molecule has 0 saturated carbocycles. The third-order valence-electron chi connectivity index (χ3n) is 3.61. The molecule has 1 atom stereocenters. The van der Waals surface area contributed by atoms with Crippen LogP contribution in [-0.2, 0) is 14.3 Å². The van der Waals surface area contributed by atoms with E-state index in [0.717, 1.165) is 0 Å². The number of hydrogen-bond acceptors (Lipinski definition) is 5. The first-order valence-electron chi connectivity index (χ1n) is 8.06. The van der Waals surface area contributed by atoms with E-state index in [0.29, 0.717) is 15.6 Å². The minimum atomic E-state index is -1.33. The van der Waals surface area contributed by atoms with Crippen molar-refractivity contribution in [3.63, 3.8) is 0 Å². The van der Waals surface area contributed by atoms with E-state index < -0.39 is 42.6 Å². The second-order valence-corrected chi connectivity index (χ2v) is 6.61. The van der Waals surface area contributed by atoms with Gasteiger partial charge in [0, 0.05) is 21.2 Å². The first kappa shape index (κ1) is 21.4. The highest BCUT2D eigenvalue weighted by atomic mass is 35.5. The molecule has 0 spiro atoms. The van der Waals surface area contributed by atoms with Gasteiger partial charge in [0.1, 0.15) is 6.04 Å². The van der Waals surface area contributed by atoms with E-state index in [2.05, 4.69) is 5.32 Å². The van der Waals surface area contributed by atoms with Crippen molar-refractivity contribution < 1.29 is 23.9 Å². The molecule has 3 N–H and O–H groups in total. The van der Waals surface area contributed by atoms with Crippen molar-refractivity contribution in [3.8, 4) is 0 Å². The molecule has 0 aliphatic rings. The fourth-order valence-corrected chi connectivity index (χ4v) is 2.45. The average molecular weight is 423 g/mol. The molecule has 9 heteroatoms. The molecule has 28 heavy (non-hydrogen) atoms. The Morgan fingerprint density at radius 1 is 0.893 bits per heavy atom. The number of nitrogens with two attached hydrogens (primary N) is 1. The quantitative estimate of drug-likeness (QED) is 0.500. The number of benzene rings is 2. The van der Waals surface area contributed by atoms with Gasteiger partial charge in [0.15, 0.2) is 12.4 Å². The molecule has 2 amide bonds. The average Bonchev–Trinajstić information content (AvgIpc) is 2.66. The fraction of sp³-hybridized carbons (Fsp3) is 0.158. The number of ketones is 1. The summed E-state index contributed by atoms with van der Waals surface area (Å²) in [5.41, 5.74) is 5.66. The Kier molecular flexibility index (Phi) is 7.54. The molecule has 2 aromatic carbocycles. The van der Waals surface area contributed by atoms with Gasteiger partial charge in [-0.05, 0) is 48.5 Å². The minimum Gasteiger partial charge on any atom is -0.456 e. The maximum Gasteiger partial charge on any atom is 0.329 e. The number of hydrogen-bond donors (Lipinski definition) is 2. The molecule has 0 bridgehead atoms. The van der Waals surface area contributed by atoms with Gasteiger partial charge in [-0.25, -0.2) is 4.79 Å². The highest BCUT2D eigenvalue weighted by Crippen LogP contribution is 2.11. The highest BCUT2D eigenvalue weighted by molar-refractivity contribution is 6.31. The number of primary amides is 1. The van der Waals surface area contributed by atoms with E-state index in [4.69, 9.17) is 33.7 Å². The van der Waals surface area contributed by atoms with Gasteiger partial charge in [-0.15, -0.1) is 0 Å². The zero-order chi connectivity index (χ0) is 20.7. The molecule has 0 saturated heterocycles. The molecule has 7 nitrogen and oxygen atoms in total. The van der Waals surface area contributed by atoms with Crippen LogP contribution in [0.2, 0.25) is 10.0 Å². The first-order valence-corrected chi connectivity index (χ1v) is 8.82. The molecular formula is C19H16Cl2N2O5. The number of rotatable bonds is 8. The van der Waals surface area contributed by atoms with Crippen LogP contribution in [0.15, 0.2) is 48.5 Å². The Bertz CT molecular complexity index is 882. The van der Waals surface area contributed by atoms with Crippen LogP contribution in [0.5, 0.6) is 0 Å². The molecule has 2 rings (SSSR count). The summed E-state index contributed by atoms with van der Waals surface area (Å²) in [7, 11) is 0.